The second kappa shape index (κ2) is 11.2. The van der Waals surface area contributed by atoms with Gasteiger partial charge in [-0.3, -0.25) is 24.7 Å². The molecule has 2 aliphatic rings. The average Bonchev–Trinajstić information content (AvgIpc) is 2.88. The third-order valence-electron chi connectivity index (χ3n) is 6.42. The first-order chi connectivity index (χ1) is 18.0. The summed E-state index contributed by atoms with van der Waals surface area (Å²) in [6.45, 7) is 9.00. The average molecular weight is 523 g/mol. The van der Waals surface area contributed by atoms with Crippen LogP contribution in [0.5, 0.6) is 5.75 Å². The van der Waals surface area contributed by atoms with Gasteiger partial charge in [-0.25, -0.2) is 9.59 Å². The number of carbonyl (C=O) groups is 4. The number of urea groups is 1. The molecule has 0 spiro atoms. The van der Waals surface area contributed by atoms with Gasteiger partial charge in [-0.2, -0.15) is 0 Å². The molecule has 4 amide bonds. The van der Waals surface area contributed by atoms with Gasteiger partial charge < -0.3 is 14.4 Å². The van der Waals surface area contributed by atoms with Gasteiger partial charge in [0.15, 0.2) is 0 Å². The van der Waals surface area contributed by atoms with Crippen molar-refractivity contribution in [2.24, 2.45) is 0 Å². The first-order valence-corrected chi connectivity index (χ1v) is 12.7. The largest absolute Gasteiger partial charge is 0.495 e. The second-order valence-electron chi connectivity index (χ2n) is 10.4. The van der Waals surface area contributed by atoms with Crippen molar-refractivity contribution in [2.45, 2.75) is 39.3 Å². The van der Waals surface area contributed by atoms with Crippen molar-refractivity contribution >= 4 is 29.5 Å². The van der Waals surface area contributed by atoms with Gasteiger partial charge in [-0.05, 0) is 56.7 Å². The summed E-state index contributed by atoms with van der Waals surface area (Å²) in [5.41, 5.74) is 1.97. The van der Waals surface area contributed by atoms with Gasteiger partial charge in [-0.1, -0.05) is 12.1 Å². The molecule has 2 saturated heterocycles. The Morgan fingerprint density at radius 3 is 2.18 bits per heavy atom. The molecule has 0 aromatic heterocycles. The third-order valence-corrected chi connectivity index (χ3v) is 6.42. The van der Waals surface area contributed by atoms with Crippen molar-refractivity contribution < 1.29 is 28.7 Å². The number of hydrogen-bond acceptors (Lipinski definition) is 7. The van der Waals surface area contributed by atoms with E-state index in [1.54, 1.807) is 35.2 Å². The highest BCUT2D eigenvalue weighted by molar-refractivity contribution is 6.07. The van der Waals surface area contributed by atoms with Gasteiger partial charge in [0.1, 0.15) is 11.4 Å². The summed E-state index contributed by atoms with van der Waals surface area (Å²) in [7, 11) is 1.50. The number of methoxy groups -OCH3 is 1. The molecule has 0 aliphatic carbocycles. The maximum atomic E-state index is 13.3. The molecule has 2 aliphatic heterocycles. The molecule has 1 N–H and O–H groups in total. The van der Waals surface area contributed by atoms with Crippen LogP contribution in [0.1, 0.15) is 53.5 Å². The summed E-state index contributed by atoms with van der Waals surface area (Å²) >= 11 is 0. The van der Waals surface area contributed by atoms with Crippen LogP contribution in [0, 0.1) is 0 Å². The maximum absolute atomic E-state index is 13.3. The van der Waals surface area contributed by atoms with E-state index in [0.717, 1.165) is 5.56 Å². The SMILES string of the molecule is COc1ccc(C(=O)N2CCN(Cc3ccc(C(=O)OC(C)(C)C)cc3)CC2)cc1N1CCC(=O)NC1=O. The smallest absolute Gasteiger partial charge is 0.338 e. The molecule has 2 fully saturated rings. The van der Waals surface area contributed by atoms with Crippen LogP contribution >= 0.6 is 0 Å². The molecule has 0 unspecified atom stereocenters. The number of carbonyl (C=O) groups excluding carboxylic acids is 4. The lowest BCUT2D eigenvalue weighted by Crippen LogP contribution is -2.50. The van der Waals surface area contributed by atoms with Crippen LogP contribution in [0.2, 0.25) is 0 Å². The molecule has 0 bridgehead atoms. The minimum Gasteiger partial charge on any atom is -0.495 e. The molecule has 10 heteroatoms. The van der Waals surface area contributed by atoms with Crippen molar-refractivity contribution in [3.05, 3.63) is 59.2 Å². The highest BCUT2D eigenvalue weighted by Gasteiger charge is 2.29. The Morgan fingerprint density at radius 2 is 1.58 bits per heavy atom. The number of piperazine rings is 1. The van der Waals surface area contributed by atoms with Crippen LogP contribution in [0.4, 0.5) is 10.5 Å². The number of hydrogen-bond donors (Lipinski definition) is 1. The molecule has 0 saturated carbocycles. The van der Waals surface area contributed by atoms with Crippen molar-refractivity contribution in [3.8, 4) is 5.75 Å². The lowest BCUT2D eigenvalue weighted by atomic mass is 10.1. The summed E-state index contributed by atoms with van der Waals surface area (Å²) in [4.78, 5) is 54.9. The fourth-order valence-corrected chi connectivity index (χ4v) is 4.46. The number of nitrogens with zero attached hydrogens (tertiary/aromatic N) is 3. The number of anilines is 1. The van der Waals surface area contributed by atoms with Crippen LogP contribution in [0.25, 0.3) is 0 Å². The summed E-state index contributed by atoms with van der Waals surface area (Å²) in [6.07, 6.45) is 0.179. The molecule has 2 aromatic rings. The predicted molar refractivity (Wildman–Crippen MR) is 141 cm³/mol. The van der Waals surface area contributed by atoms with Crippen LogP contribution in [0.15, 0.2) is 42.5 Å². The zero-order valence-corrected chi connectivity index (χ0v) is 22.3. The van der Waals surface area contributed by atoms with Crippen molar-refractivity contribution in [1.82, 2.24) is 15.1 Å². The van der Waals surface area contributed by atoms with E-state index in [-0.39, 0.29) is 30.7 Å². The minimum atomic E-state index is -0.539. The number of amides is 4. The molecule has 2 heterocycles. The zero-order valence-electron chi connectivity index (χ0n) is 22.3. The Balaban J connectivity index is 1.35. The van der Waals surface area contributed by atoms with Crippen molar-refractivity contribution in [1.29, 1.82) is 0 Å². The topological polar surface area (TPSA) is 108 Å². The summed E-state index contributed by atoms with van der Waals surface area (Å²) in [5, 5.41) is 2.30. The minimum absolute atomic E-state index is 0.122. The summed E-state index contributed by atoms with van der Waals surface area (Å²) in [6, 6.07) is 11.9. The second-order valence-corrected chi connectivity index (χ2v) is 10.4. The maximum Gasteiger partial charge on any atom is 0.338 e. The van der Waals surface area contributed by atoms with Gasteiger partial charge >= 0.3 is 12.0 Å². The van der Waals surface area contributed by atoms with E-state index in [1.165, 1.54) is 12.0 Å². The number of ether oxygens (including phenoxy) is 2. The molecule has 2 aromatic carbocycles. The monoisotopic (exact) mass is 522 g/mol. The summed E-state index contributed by atoms with van der Waals surface area (Å²) in [5.74, 6) is -0.334. The zero-order chi connectivity index (χ0) is 27.4. The highest BCUT2D eigenvalue weighted by Crippen LogP contribution is 2.31. The fraction of sp³-hybridized carbons (Fsp3) is 0.429. The van der Waals surface area contributed by atoms with Gasteiger partial charge in [0.05, 0.1) is 18.4 Å². The lowest BCUT2D eigenvalue weighted by molar-refractivity contribution is -0.120. The van der Waals surface area contributed by atoms with E-state index in [0.29, 0.717) is 55.3 Å². The van der Waals surface area contributed by atoms with Gasteiger partial charge in [0.25, 0.3) is 5.91 Å². The number of nitrogens with one attached hydrogen (secondary N) is 1. The highest BCUT2D eigenvalue weighted by atomic mass is 16.6. The van der Waals surface area contributed by atoms with Gasteiger partial charge in [-0.15, -0.1) is 0 Å². The first kappa shape index (κ1) is 27.1. The Morgan fingerprint density at radius 1 is 0.921 bits per heavy atom. The van der Waals surface area contributed by atoms with Crippen LogP contribution in [0.3, 0.4) is 0 Å². The molecular weight excluding hydrogens is 488 g/mol. The molecule has 38 heavy (non-hydrogen) atoms. The third kappa shape index (κ3) is 6.49. The van der Waals surface area contributed by atoms with Crippen molar-refractivity contribution in [3.63, 3.8) is 0 Å². The summed E-state index contributed by atoms with van der Waals surface area (Å²) < 4.78 is 10.8. The molecule has 10 nitrogen and oxygen atoms in total. The Hall–Kier alpha value is -3.92. The van der Waals surface area contributed by atoms with Crippen LogP contribution in [-0.4, -0.2) is 79.0 Å². The van der Waals surface area contributed by atoms with E-state index in [1.807, 2.05) is 32.9 Å². The molecule has 4 rings (SSSR count). The molecule has 0 radical (unpaired) electrons. The first-order valence-electron chi connectivity index (χ1n) is 12.7. The number of esters is 1. The molecule has 0 atom stereocenters. The van der Waals surface area contributed by atoms with E-state index >= 15 is 0 Å². The Bertz CT molecular complexity index is 1210. The van der Waals surface area contributed by atoms with Gasteiger partial charge in [0, 0.05) is 51.3 Å². The predicted octanol–water partition coefficient (Wildman–Crippen LogP) is 3.05. The normalized spacial score (nSPS) is 16.7. The van der Waals surface area contributed by atoms with E-state index in [4.69, 9.17) is 9.47 Å². The van der Waals surface area contributed by atoms with Crippen LogP contribution < -0.4 is 15.0 Å². The number of benzene rings is 2. The Labute approximate surface area is 222 Å². The molecule has 202 valence electrons. The molecular formula is C28H34N4O6. The number of rotatable bonds is 6. The standard InChI is InChI=1S/C28H34N4O6/c1-28(2,3)38-26(35)20-7-5-19(6-8-20)18-30-13-15-31(16-14-30)25(34)21-9-10-23(37-4)22(17-21)32-12-11-24(33)29-27(32)36/h5-10,17H,11-16,18H2,1-4H3,(H,29,33,36). The lowest BCUT2D eigenvalue weighted by Gasteiger charge is -2.35. The quantitative estimate of drug-likeness (QED) is 0.581. The van der Waals surface area contributed by atoms with Crippen LogP contribution in [-0.2, 0) is 16.1 Å². The van der Waals surface area contributed by atoms with E-state index < -0.39 is 11.6 Å². The van der Waals surface area contributed by atoms with Gasteiger partial charge in [0.2, 0.25) is 5.91 Å². The fourth-order valence-electron chi connectivity index (χ4n) is 4.46. The van der Waals surface area contributed by atoms with E-state index in [9.17, 15) is 19.2 Å². The number of imide groups is 1. The van der Waals surface area contributed by atoms with Crippen molar-refractivity contribution in [2.75, 3.05) is 44.7 Å². The Kier molecular flexibility index (Phi) is 8.01. The van der Waals surface area contributed by atoms with E-state index in [2.05, 4.69) is 10.2 Å².